The molecule has 2 aromatic heterocycles. The summed E-state index contributed by atoms with van der Waals surface area (Å²) in [4.78, 5) is 10.5. The van der Waals surface area contributed by atoms with Gasteiger partial charge in [-0.1, -0.05) is 23.6 Å². The molecular weight excluding hydrogens is 264 g/mol. The summed E-state index contributed by atoms with van der Waals surface area (Å²) in [5.41, 5.74) is 0. The molecule has 0 atom stereocenters. The minimum absolute atomic E-state index is 0.119. The fourth-order valence-corrected chi connectivity index (χ4v) is 2.98. The number of rotatable bonds is 4. The van der Waals surface area contributed by atoms with E-state index in [0.29, 0.717) is 6.42 Å². The molecule has 0 aliphatic heterocycles. The highest BCUT2D eigenvalue weighted by molar-refractivity contribution is 7.98. The van der Waals surface area contributed by atoms with Crippen LogP contribution >= 0.6 is 23.1 Å². The van der Waals surface area contributed by atoms with Gasteiger partial charge in [0.2, 0.25) is 0 Å². The first-order valence-corrected chi connectivity index (χ1v) is 7.26. The van der Waals surface area contributed by atoms with Crippen LogP contribution in [0.4, 0.5) is 0 Å². The summed E-state index contributed by atoms with van der Waals surface area (Å²) < 4.78 is 0. The maximum Gasteiger partial charge on any atom is 0.115 e. The number of aliphatic hydroxyl groups is 1. The summed E-state index contributed by atoms with van der Waals surface area (Å²) in [5, 5.41) is 9.57. The van der Waals surface area contributed by atoms with E-state index in [0.717, 1.165) is 15.7 Å². The zero-order valence-electron chi connectivity index (χ0n) is 9.67. The van der Waals surface area contributed by atoms with Gasteiger partial charge in [0.15, 0.2) is 0 Å². The molecule has 3 nitrogen and oxygen atoms in total. The van der Waals surface area contributed by atoms with Crippen LogP contribution < -0.4 is 0 Å². The fraction of sp³-hybridized carbons (Fsp3) is 0.231. The average Bonchev–Trinajstić information content (AvgIpc) is 2.86. The van der Waals surface area contributed by atoms with Crippen LogP contribution in [0.1, 0.15) is 16.2 Å². The molecule has 0 aliphatic rings. The Bertz CT molecular complexity index is 543. The van der Waals surface area contributed by atoms with Crippen LogP contribution in [0.15, 0.2) is 35.7 Å². The third-order valence-electron chi connectivity index (χ3n) is 2.01. The normalized spacial score (nSPS) is 9.83. The van der Waals surface area contributed by atoms with Crippen LogP contribution in [-0.4, -0.2) is 21.7 Å². The topological polar surface area (TPSA) is 46.0 Å². The monoisotopic (exact) mass is 276 g/mol. The van der Waals surface area contributed by atoms with E-state index in [1.807, 2.05) is 6.07 Å². The third kappa shape index (κ3) is 4.15. The maximum absolute atomic E-state index is 8.64. The van der Waals surface area contributed by atoms with E-state index < -0.39 is 0 Å². The smallest absolute Gasteiger partial charge is 0.115 e. The molecule has 92 valence electrons. The zero-order valence-corrected chi connectivity index (χ0v) is 11.3. The van der Waals surface area contributed by atoms with Crippen LogP contribution in [-0.2, 0) is 5.75 Å². The molecule has 2 heterocycles. The predicted octanol–water partition coefficient (Wildman–Crippen LogP) is 2.56. The van der Waals surface area contributed by atoms with Crippen LogP contribution in [0.25, 0.3) is 0 Å². The largest absolute Gasteiger partial charge is 0.395 e. The van der Waals surface area contributed by atoms with E-state index >= 15 is 0 Å². The maximum atomic E-state index is 8.64. The SMILES string of the molecule is OCCC#Cc1ccc(CSc2cnccn2)s1. The Balaban J connectivity index is 1.90. The molecule has 0 aromatic carbocycles. The summed E-state index contributed by atoms with van der Waals surface area (Å²) in [6, 6.07) is 4.10. The number of thiophene rings is 1. The summed E-state index contributed by atoms with van der Waals surface area (Å²) in [6.45, 7) is 0.119. The van der Waals surface area contributed by atoms with Gasteiger partial charge in [-0.25, -0.2) is 4.98 Å². The molecule has 0 unspecified atom stereocenters. The van der Waals surface area contributed by atoms with Crippen LogP contribution in [0.3, 0.4) is 0 Å². The lowest BCUT2D eigenvalue weighted by Crippen LogP contribution is -1.80. The van der Waals surface area contributed by atoms with Crippen molar-refractivity contribution in [2.24, 2.45) is 0 Å². The Kier molecular flexibility index (Phi) is 5.21. The van der Waals surface area contributed by atoms with E-state index in [2.05, 4.69) is 27.9 Å². The van der Waals surface area contributed by atoms with Gasteiger partial charge in [0.1, 0.15) is 5.03 Å². The number of hydrogen-bond acceptors (Lipinski definition) is 5. The van der Waals surface area contributed by atoms with E-state index in [9.17, 15) is 0 Å². The molecule has 5 heteroatoms. The Labute approximate surface area is 114 Å². The molecule has 2 rings (SSSR count). The lowest BCUT2D eigenvalue weighted by Gasteiger charge is -1.96. The Hall–Kier alpha value is -1.35. The van der Waals surface area contributed by atoms with E-state index in [1.54, 1.807) is 41.7 Å². The quantitative estimate of drug-likeness (QED) is 0.688. The zero-order chi connectivity index (χ0) is 12.6. The Morgan fingerprint density at radius 1 is 1.33 bits per heavy atom. The van der Waals surface area contributed by atoms with Crippen molar-refractivity contribution in [1.29, 1.82) is 0 Å². The highest BCUT2D eigenvalue weighted by atomic mass is 32.2. The summed E-state index contributed by atoms with van der Waals surface area (Å²) >= 11 is 3.34. The first-order valence-electron chi connectivity index (χ1n) is 5.46. The van der Waals surface area contributed by atoms with Crippen molar-refractivity contribution < 1.29 is 5.11 Å². The molecule has 0 amide bonds. The molecule has 0 saturated heterocycles. The summed E-state index contributed by atoms with van der Waals surface area (Å²) in [6.07, 6.45) is 5.66. The highest BCUT2D eigenvalue weighted by Crippen LogP contribution is 2.24. The van der Waals surface area contributed by atoms with Crippen molar-refractivity contribution in [1.82, 2.24) is 9.97 Å². The Morgan fingerprint density at radius 3 is 3.06 bits per heavy atom. The van der Waals surface area contributed by atoms with Gasteiger partial charge in [-0.2, -0.15) is 0 Å². The third-order valence-corrected chi connectivity index (χ3v) is 4.16. The number of aromatic nitrogens is 2. The second kappa shape index (κ2) is 7.17. The fourth-order valence-electron chi connectivity index (χ4n) is 1.23. The van der Waals surface area contributed by atoms with E-state index in [-0.39, 0.29) is 6.61 Å². The molecule has 0 fully saturated rings. The van der Waals surface area contributed by atoms with Gasteiger partial charge in [-0.15, -0.1) is 11.3 Å². The van der Waals surface area contributed by atoms with Gasteiger partial charge in [0.05, 0.1) is 17.7 Å². The molecule has 0 saturated carbocycles. The number of thioether (sulfide) groups is 1. The summed E-state index contributed by atoms with van der Waals surface area (Å²) in [7, 11) is 0. The van der Waals surface area contributed by atoms with Crippen molar-refractivity contribution in [3.8, 4) is 11.8 Å². The minimum atomic E-state index is 0.119. The second-order valence-electron chi connectivity index (χ2n) is 3.37. The lowest BCUT2D eigenvalue weighted by molar-refractivity contribution is 0.305. The van der Waals surface area contributed by atoms with Gasteiger partial charge in [-0.05, 0) is 12.1 Å². The minimum Gasteiger partial charge on any atom is -0.395 e. The molecule has 18 heavy (non-hydrogen) atoms. The molecule has 0 radical (unpaired) electrons. The van der Waals surface area contributed by atoms with Crippen molar-refractivity contribution >= 4 is 23.1 Å². The molecule has 1 N–H and O–H groups in total. The van der Waals surface area contributed by atoms with Crippen molar-refractivity contribution in [2.45, 2.75) is 17.2 Å². The molecular formula is C13H12N2OS2. The number of aliphatic hydroxyl groups excluding tert-OH is 1. The van der Waals surface area contributed by atoms with Crippen LogP contribution in [0.2, 0.25) is 0 Å². The van der Waals surface area contributed by atoms with E-state index in [4.69, 9.17) is 5.11 Å². The second-order valence-corrected chi connectivity index (χ2v) is 5.54. The number of nitrogens with zero attached hydrogens (tertiary/aromatic N) is 2. The van der Waals surface area contributed by atoms with Crippen molar-refractivity contribution in [3.63, 3.8) is 0 Å². The molecule has 0 bridgehead atoms. The molecule has 2 aromatic rings. The van der Waals surface area contributed by atoms with Crippen LogP contribution in [0, 0.1) is 11.8 Å². The van der Waals surface area contributed by atoms with Gasteiger partial charge in [0.25, 0.3) is 0 Å². The first-order chi connectivity index (χ1) is 8.88. The summed E-state index contributed by atoms with van der Waals surface area (Å²) in [5.74, 6) is 6.84. The molecule has 0 spiro atoms. The first kappa shape index (κ1) is 13.1. The predicted molar refractivity (Wildman–Crippen MR) is 74.5 cm³/mol. The molecule has 0 aliphatic carbocycles. The Morgan fingerprint density at radius 2 is 2.28 bits per heavy atom. The average molecular weight is 276 g/mol. The van der Waals surface area contributed by atoms with Gasteiger partial charge >= 0.3 is 0 Å². The van der Waals surface area contributed by atoms with Gasteiger partial charge in [0, 0.05) is 29.4 Å². The lowest BCUT2D eigenvalue weighted by atomic mass is 10.4. The van der Waals surface area contributed by atoms with Crippen LogP contribution in [0.5, 0.6) is 0 Å². The van der Waals surface area contributed by atoms with Gasteiger partial charge in [-0.3, -0.25) is 4.98 Å². The van der Waals surface area contributed by atoms with Gasteiger partial charge < -0.3 is 5.11 Å². The standard InChI is InChI=1S/C13H12N2OS2/c16-8-2-1-3-11-4-5-12(18-11)10-17-13-9-14-6-7-15-13/h4-7,9,16H,2,8,10H2. The highest BCUT2D eigenvalue weighted by Gasteiger charge is 2.00. The van der Waals surface area contributed by atoms with Crippen molar-refractivity contribution in [3.05, 3.63) is 40.5 Å². The number of hydrogen-bond donors (Lipinski definition) is 1. The van der Waals surface area contributed by atoms with Crippen molar-refractivity contribution in [2.75, 3.05) is 6.61 Å². The van der Waals surface area contributed by atoms with E-state index in [1.165, 1.54) is 4.88 Å².